The Kier molecular flexibility index (Phi) is 4.50. The molecular weight excluding hydrogens is 292 g/mol. The zero-order chi connectivity index (χ0) is 14.8. The Morgan fingerprint density at radius 3 is 2.62 bits per heavy atom. The molecular formula is C15H21ClN2O3. The number of nitrogens with zero attached hydrogens (tertiary/aromatic N) is 1. The maximum absolute atomic E-state index is 12.7. The van der Waals surface area contributed by atoms with Crippen LogP contribution in [0.25, 0.3) is 0 Å². The minimum atomic E-state index is -0.405. The first-order valence-corrected chi connectivity index (χ1v) is 8.15. The number of nitrogens with one attached hydrogen (secondary N) is 1. The van der Waals surface area contributed by atoms with Crippen molar-refractivity contribution in [3.63, 3.8) is 0 Å². The van der Waals surface area contributed by atoms with Crippen LogP contribution in [-0.4, -0.2) is 22.8 Å². The van der Waals surface area contributed by atoms with Crippen LogP contribution in [0.15, 0.2) is 9.59 Å². The minimum absolute atomic E-state index is 0.190. The molecule has 5 nitrogen and oxygen atoms in total. The minimum Gasteiger partial charge on any atom is -0.381 e. The molecule has 2 aliphatic rings. The van der Waals surface area contributed by atoms with Gasteiger partial charge in [0.1, 0.15) is 5.15 Å². The van der Waals surface area contributed by atoms with E-state index in [0.29, 0.717) is 18.7 Å². The summed E-state index contributed by atoms with van der Waals surface area (Å²) in [6.45, 7) is 1.81. The van der Waals surface area contributed by atoms with Crippen molar-refractivity contribution in [3.8, 4) is 0 Å². The molecule has 0 radical (unpaired) electrons. The van der Waals surface area contributed by atoms with Gasteiger partial charge in [-0.2, -0.15) is 0 Å². The average Bonchev–Trinajstić information content (AvgIpc) is 2.98. The summed E-state index contributed by atoms with van der Waals surface area (Å²) < 4.78 is 6.75. The fourth-order valence-corrected chi connectivity index (χ4v) is 3.82. The second-order valence-electron chi connectivity index (χ2n) is 6.14. The predicted molar refractivity (Wildman–Crippen MR) is 81.1 cm³/mol. The lowest BCUT2D eigenvalue weighted by molar-refractivity contribution is 0.0474. The van der Waals surface area contributed by atoms with Gasteiger partial charge in [0.15, 0.2) is 0 Å². The highest BCUT2D eigenvalue weighted by atomic mass is 35.5. The van der Waals surface area contributed by atoms with Gasteiger partial charge in [-0.05, 0) is 31.6 Å². The van der Waals surface area contributed by atoms with E-state index in [0.717, 1.165) is 45.1 Å². The van der Waals surface area contributed by atoms with Crippen LogP contribution in [0.4, 0.5) is 0 Å². The first-order valence-electron chi connectivity index (χ1n) is 7.77. The maximum atomic E-state index is 12.7. The zero-order valence-electron chi connectivity index (χ0n) is 12.1. The number of H-pyrrole nitrogens is 1. The quantitative estimate of drug-likeness (QED) is 0.871. The van der Waals surface area contributed by atoms with E-state index in [1.54, 1.807) is 0 Å². The normalized spacial score (nSPS) is 23.6. The molecule has 116 valence electrons. The van der Waals surface area contributed by atoms with Crippen LogP contribution in [0, 0.1) is 5.92 Å². The number of aromatic amines is 1. The summed E-state index contributed by atoms with van der Waals surface area (Å²) in [5.41, 5.74) is -0.0101. The molecule has 1 aromatic heterocycles. The van der Waals surface area contributed by atoms with Gasteiger partial charge in [0.2, 0.25) is 0 Å². The zero-order valence-corrected chi connectivity index (χ0v) is 12.8. The van der Waals surface area contributed by atoms with E-state index in [1.165, 1.54) is 4.57 Å². The molecule has 1 saturated carbocycles. The smallest absolute Gasteiger partial charge is 0.329 e. The molecule has 1 N–H and O–H groups in total. The molecule has 21 heavy (non-hydrogen) atoms. The van der Waals surface area contributed by atoms with Gasteiger partial charge in [-0.3, -0.25) is 14.3 Å². The Bertz CT molecular complexity index is 610. The van der Waals surface area contributed by atoms with E-state index < -0.39 is 5.69 Å². The summed E-state index contributed by atoms with van der Waals surface area (Å²) >= 11 is 6.14. The molecule has 0 aromatic carbocycles. The number of rotatable bonds is 3. The first-order chi connectivity index (χ1) is 10.2. The summed E-state index contributed by atoms with van der Waals surface area (Å²) in [7, 11) is 0. The van der Waals surface area contributed by atoms with Gasteiger partial charge in [0.05, 0.1) is 12.2 Å². The highest BCUT2D eigenvalue weighted by Crippen LogP contribution is 2.34. The van der Waals surface area contributed by atoms with Crippen molar-refractivity contribution in [1.82, 2.24) is 9.55 Å². The predicted octanol–water partition coefficient (Wildman–Crippen LogP) is 2.27. The molecule has 0 amide bonds. The Morgan fingerprint density at radius 2 is 1.95 bits per heavy atom. The van der Waals surface area contributed by atoms with E-state index in [-0.39, 0.29) is 22.5 Å². The van der Waals surface area contributed by atoms with Crippen molar-refractivity contribution >= 4 is 11.6 Å². The molecule has 0 spiro atoms. The SMILES string of the molecule is O=c1[nH]c(Cl)c(C2CCCC2)c(=O)n1CC1CCCOC1. The lowest BCUT2D eigenvalue weighted by Gasteiger charge is -2.23. The van der Waals surface area contributed by atoms with E-state index in [1.807, 2.05) is 0 Å². The summed E-state index contributed by atoms with van der Waals surface area (Å²) in [4.78, 5) is 27.4. The van der Waals surface area contributed by atoms with Crippen LogP contribution in [0.2, 0.25) is 5.15 Å². The molecule has 1 aromatic rings. The second kappa shape index (κ2) is 6.36. The van der Waals surface area contributed by atoms with Crippen LogP contribution in [0.3, 0.4) is 0 Å². The second-order valence-corrected chi connectivity index (χ2v) is 6.52. The fourth-order valence-electron chi connectivity index (χ4n) is 3.50. The van der Waals surface area contributed by atoms with E-state index >= 15 is 0 Å². The van der Waals surface area contributed by atoms with Gasteiger partial charge in [-0.1, -0.05) is 24.4 Å². The molecule has 1 aliphatic heterocycles. The number of hydrogen-bond acceptors (Lipinski definition) is 3. The topological polar surface area (TPSA) is 64.1 Å². The van der Waals surface area contributed by atoms with Gasteiger partial charge < -0.3 is 4.74 Å². The Balaban J connectivity index is 1.93. The number of ether oxygens (including phenoxy) is 1. The molecule has 2 fully saturated rings. The van der Waals surface area contributed by atoms with Crippen molar-refractivity contribution in [2.45, 2.75) is 51.0 Å². The third-order valence-electron chi connectivity index (χ3n) is 4.63. The molecule has 1 unspecified atom stereocenters. The van der Waals surface area contributed by atoms with Crippen molar-refractivity contribution < 1.29 is 4.74 Å². The monoisotopic (exact) mass is 312 g/mol. The Hall–Kier alpha value is -1.07. The van der Waals surface area contributed by atoms with Crippen LogP contribution >= 0.6 is 11.6 Å². The third kappa shape index (κ3) is 3.09. The summed E-state index contributed by atoms with van der Waals surface area (Å²) in [6.07, 6.45) is 6.18. The number of hydrogen-bond donors (Lipinski definition) is 1. The first kappa shape index (κ1) is 14.9. The highest BCUT2D eigenvalue weighted by molar-refractivity contribution is 6.30. The number of aromatic nitrogens is 2. The van der Waals surface area contributed by atoms with Gasteiger partial charge in [0, 0.05) is 19.1 Å². The maximum Gasteiger partial charge on any atom is 0.329 e. The summed E-state index contributed by atoms with van der Waals surface area (Å²) in [5, 5.41) is 0.230. The van der Waals surface area contributed by atoms with Crippen molar-refractivity contribution in [2.75, 3.05) is 13.2 Å². The summed E-state index contributed by atoms with van der Waals surface area (Å²) in [6, 6.07) is 0. The van der Waals surface area contributed by atoms with Crippen molar-refractivity contribution in [2.24, 2.45) is 5.92 Å². The Labute approximate surface area is 128 Å². The highest BCUT2D eigenvalue weighted by Gasteiger charge is 2.26. The molecule has 2 heterocycles. The van der Waals surface area contributed by atoms with Gasteiger partial charge >= 0.3 is 5.69 Å². The van der Waals surface area contributed by atoms with E-state index in [4.69, 9.17) is 16.3 Å². The standard InChI is InChI=1S/C15H21ClN2O3/c16-13-12(11-5-1-2-6-11)14(19)18(15(20)17-13)8-10-4-3-7-21-9-10/h10-11H,1-9H2,(H,17,20). The summed E-state index contributed by atoms with van der Waals surface area (Å²) in [5.74, 6) is 0.422. The lowest BCUT2D eigenvalue weighted by Crippen LogP contribution is -2.41. The largest absolute Gasteiger partial charge is 0.381 e. The van der Waals surface area contributed by atoms with E-state index in [9.17, 15) is 9.59 Å². The van der Waals surface area contributed by atoms with Gasteiger partial charge in [-0.15, -0.1) is 0 Å². The van der Waals surface area contributed by atoms with Crippen molar-refractivity contribution in [1.29, 1.82) is 0 Å². The lowest BCUT2D eigenvalue weighted by atomic mass is 9.99. The van der Waals surface area contributed by atoms with Crippen LogP contribution in [0.1, 0.15) is 50.0 Å². The van der Waals surface area contributed by atoms with Crippen LogP contribution in [-0.2, 0) is 11.3 Å². The molecule has 0 bridgehead atoms. The third-order valence-corrected chi connectivity index (χ3v) is 4.93. The van der Waals surface area contributed by atoms with Crippen molar-refractivity contribution in [3.05, 3.63) is 31.6 Å². The van der Waals surface area contributed by atoms with Crippen LogP contribution in [0.5, 0.6) is 0 Å². The molecule has 1 atom stereocenters. The molecule has 6 heteroatoms. The molecule has 1 aliphatic carbocycles. The average molecular weight is 313 g/mol. The van der Waals surface area contributed by atoms with Gasteiger partial charge in [-0.25, -0.2) is 4.79 Å². The molecule has 1 saturated heterocycles. The van der Waals surface area contributed by atoms with Crippen LogP contribution < -0.4 is 11.2 Å². The Morgan fingerprint density at radius 1 is 1.19 bits per heavy atom. The van der Waals surface area contributed by atoms with E-state index in [2.05, 4.69) is 4.98 Å². The number of halogens is 1. The molecule has 3 rings (SSSR count). The van der Waals surface area contributed by atoms with Gasteiger partial charge in [0.25, 0.3) is 5.56 Å². The fraction of sp³-hybridized carbons (Fsp3) is 0.733.